The van der Waals surface area contributed by atoms with Gasteiger partial charge in [0, 0.05) is 42.3 Å². The van der Waals surface area contributed by atoms with Gasteiger partial charge in [0.05, 0.1) is 19.8 Å². The van der Waals surface area contributed by atoms with E-state index in [-0.39, 0.29) is 24.0 Å². The van der Waals surface area contributed by atoms with Crippen molar-refractivity contribution in [3.05, 3.63) is 18.2 Å². The number of ether oxygens (including phenoxy) is 3. The number of fused-ring (bicyclic) bond motifs is 2. The Morgan fingerprint density at radius 2 is 2.11 bits per heavy atom. The molecule has 1 heterocycles. The summed E-state index contributed by atoms with van der Waals surface area (Å²) in [5.41, 5.74) is 1.27. The number of nitrogens with zero attached hydrogens (tertiary/aromatic N) is 1. The number of anilines is 1. The summed E-state index contributed by atoms with van der Waals surface area (Å²) in [6.07, 6.45) is 5.45. The van der Waals surface area contributed by atoms with Crippen molar-refractivity contribution in [2.75, 3.05) is 32.2 Å². The molecule has 156 valence electrons. The van der Waals surface area contributed by atoms with Crippen molar-refractivity contribution in [3.63, 3.8) is 0 Å². The van der Waals surface area contributed by atoms with Crippen molar-refractivity contribution in [1.29, 1.82) is 0 Å². The average molecular weight is 501 g/mol. The highest BCUT2D eigenvalue weighted by molar-refractivity contribution is 14.0. The lowest BCUT2D eigenvalue weighted by molar-refractivity contribution is -0.171. The predicted octanol–water partition coefficient (Wildman–Crippen LogP) is 4.05. The van der Waals surface area contributed by atoms with Crippen LogP contribution in [-0.4, -0.2) is 45.0 Å². The van der Waals surface area contributed by atoms with E-state index in [1.54, 1.807) is 7.11 Å². The zero-order valence-electron chi connectivity index (χ0n) is 17.0. The third kappa shape index (κ3) is 3.67. The highest BCUT2D eigenvalue weighted by Crippen LogP contribution is 2.62. The number of nitrogens with one attached hydrogen (secondary N) is 2. The third-order valence-corrected chi connectivity index (χ3v) is 6.37. The Hall–Kier alpha value is -1.22. The van der Waals surface area contributed by atoms with Crippen LogP contribution in [0.1, 0.15) is 39.5 Å². The van der Waals surface area contributed by atoms with Gasteiger partial charge in [-0.05, 0) is 45.2 Å². The molecule has 3 unspecified atom stereocenters. The van der Waals surface area contributed by atoms with Gasteiger partial charge in [-0.15, -0.1) is 24.0 Å². The van der Waals surface area contributed by atoms with Gasteiger partial charge < -0.3 is 24.8 Å². The number of benzene rings is 1. The second-order valence-corrected chi connectivity index (χ2v) is 7.70. The van der Waals surface area contributed by atoms with Crippen molar-refractivity contribution >= 4 is 35.6 Å². The van der Waals surface area contributed by atoms with Gasteiger partial charge in [-0.2, -0.15) is 0 Å². The molecule has 6 nitrogen and oxygen atoms in total. The molecular weight excluding hydrogens is 469 g/mol. The first-order valence-electron chi connectivity index (χ1n) is 10.2. The third-order valence-electron chi connectivity index (χ3n) is 6.37. The van der Waals surface area contributed by atoms with Crippen LogP contribution in [-0.2, 0) is 4.74 Å². The van der Waals surface area contributed by atoms with E-state index < -0.39 is 0 Å². The Kier molecular flexibility index (Phi) is 6.96. The molecule has 1 aromatic rings. The minimum Gasteiger partial charge on any atom is -0.493 e. The van der Waals surface area contributed by atoms with Crippen LogP contribution in [0.4, 0.5) is 5.69 Å². The molecule has 1 aliphatic heterocycles. The molecular formula is C21H32IN3O3. The number of methoxy groups -OCH3 is 1. The average Bonchev–Trinajstić information content (AvgIpc) is 3.05. The summed E-state index contributed by atoms with van der Waals surface area (Å²) in [7, 11) is 1.66. The number of rotatable bonds is 6. The predicted molar refractivity (Wildman–Crippen MR) is 122 cm³/mol. The van der Waals surface area contributed by atoms with E-state index in [1.807, 2.05) is 25.1 Å². The SMILES string of the molecule is CCN=C(Nc1ccc(OCC)c(OC)c1)NC1C2CCOC2C12CCC2.I. The molecule has 3 atom stereocenters. The second-order valence-electron chi connectivity index (χ2n) is 7.70. The highest BCUT2D eigenvalue weighted by Gasteiger charge is 2.66. The van der Waals surface area contributed by atoms with Gasteiger partial charge in [0.2, 0.25) is 0 Å². The summed E-state index contributed by atoms with van der Waals surface area (Å²) < 4.78 is 17.1. The fourth-order valence-electron chi connectivity index (χ4n) is 5.04. The summed E-state index contributed by atoms with van der Waals surface area (Å²) in [5, 5.41) is 7.18. The molecule has 0 amide bonds. The van der Waals surface area contributed by atoms with Gasteiger partial charge in [0.25, 0.3) is 0 Å². The Labute approximate surface area is 184 Å². The zero-order chi connectivity index (χ0) is 18.9. The van der Waals surface area contributed by atoms with E-state index >= 15 is 0 Å². The van der Waals surface area contributed by atoms with Gasteiger partial charge in [0.15, 0.2) is 17.5 Å². The first-order chi connectivity index (χ1) is 13.2. The molecule has 7 heteroatoms. The molecule has 3 fully saturated rings. The minimum absolute atomic E-state index is 0. The summed E-state index contributed by atoms with van der Waals surface area (Å²) in [5.74, 6) is 2.93. The Balaban J connectivity index is 0.00000225. The highest BCUT2D eigenvalue weighted by atomic mass is 127. The number of guanidine groups is 1. The Morgan fingerprint density at radius 1 is 1.29 bits per heavy atom. The van der Waals surface area contributed by atoms with E-state index in [0.717, 1.165) is 42.7 Å². The van der Waals surface area contributed by atoms with Crippen LogP contribution in [0, 0.1) is 11.3 Å². The first kappa shape index (κ1) is 21.5. The van der Waals surface area contributed by atoms with Crippen molar-refractivity contribution < 1.29 is 14.2 Å². The largest absolute Gasteiger partial charge is 0.493 e. The molecule has 3 aliphatic rings. The van der Waals surface area contributed by atoms with Crippen LogP contribution in [0.25, 0.3) is 0 Å². The summed E-state index contributed by atoms with van der Waals surface area (Å²) in [4.78, 5) is 4.68. The van der Waals surface area contributed by atoms with Crippen molar-refractivity contribution in [2.45, 2.75) is 51.7 Å². The molecule has 1 aromatic carbocycles. The Morgan fingerprint density at radius 3 is 2.75 bits per heavy atom. The molecule has 0 bridgehead atoms. The first-order valence-corrected chi connectivity index (χ1v) is 10.2. The Bertz CT molecular complexity index is 708. The van der Waals surface area contributed by atoms with Gasteiger partial charge in [-0.3, -0.25) is 4.99 Å². The number of halogens is 1. The smallest absolute Gasteiger partial charge is 0.196 e. The van der Waals surface area contributed by atoms with Crippen molar-refractivity contribution in [1.82, 2.24) is 5.32 Å². The maximum atomic E-state index is 6.04. The van der Waals surface area contributed by atoms with E-state index in [0.29, 0.717) is 30.1 Å². The van der Waals surface area contributed by atoms with E-state index in [9.17, 15) is 0 Å². The lowest BCUT2D eigenvalue weighted by Gasteiger charge is -2.63. The van der Waals surface area contributed by atoms with Crippen LogP contribution in [0.5, 0.6) is 11.5 Å². The van der Waals surface area contributed by atoms with Crippen LogP contribution in [0.2, 0.25) is 0 Å². The van der Waals surface area contributed by atoms with Crippen LogP contribution >= 0.6 is 24.0 Å². The topological polar surface area (TPSA) is 64.1 Å². The lowest BCUT2D eigenvalue weighted by Crippen LogP contribution is -2.72. The van der Waals surface area contributed by atoms with Gasteiger partial charge in [-0.1, -0.05) is 6.42 Å². The van der Waals surface area contributed by atoms with E-state index in [4.69, 9.17) is 14.2 Å². The van der Waals surface area contributed by atoms with Crippen LogP contribution in [0.3, 0.4) is 0 Å². The molecule has 2 saturated carbocycles. The lowest BCUT2D eigenvalue weighted by atomic mass is 9.46. The fourth-order valence-corrected chi connectivity index (χ4v) is 5.04. The second kappa shape index (κ2) is 9.07. The molecule has 1 spiro atoms. The number of hydrogen-bond donors (Lipinski definition) is 2. The van der Waals surface area contributed by atoms with Crippen LogP contribution < -0.4 is 20.1 Å². The number of aliphatic imine (C=N–C) groups is 1. The van der Waals surface area contributed by atoms with Gasteiger partial charge >= 0.3 is 0 Å². The maximum absolute atomic E-state index is 6.04. The normalized spacial score (nSPS) is 27.1. The molecule has 0 aromatic heterocycles. The molecule has 28 heavy (non-hydrogen) atoms. The molecule has 2 N–H and O–H groups in total. The van der Waals surface area contributed by atoms with E-state index in [1.165, 1.54) is 19.3 Å². The molecule has 2 aliphatic carbocycles. The monoisotopic (exact) mass is 501 g/mol. The van der Waals surface area contributed by atoms with E-state index in [2.05, 4.69) is 22.5 Å². The van der Waals surface area contributed by atoms with Crippen LogP contribution in [0.15, 0.2) is 23.2 Å². The minimum atomic E-state index is 0. The summed E-state index contributed by atoms with van der Waals surface area (Å²) >= 11 is 0. The fraction of sp³-hybridized carbons (Fsp3) is 0.667. The maximum Gasteiger partial charge on any atom is 0.196 e. The van der Waals surface area contributed by atoms with Gasteiger partial charge in [0.1, 0.15) is 0 Å². The van der Waals surface area contributed by atoms with Gasteiger partial charge in [-0.25, -0.2) is 0 Å². The molecule has 0 radical (unpaired) electrons. The quantitative estimate of drug-likeness (QED) is 0.350. The molecule has 1 saturated heterocycles. The number of hydrogen-bond acceptors (Lipinski definition) is 4. The van der Waals surface area contributed by atoms with Crippen molar-refractivity contribution in [2.24, 2.45) is 16.3 Å². The summed E-state index contributed by atoms with van der Waals surface area (Å²) in [6, 6.07) is 6.36. The zero-order valence-corrected chi connectivity index (χ0v) is 19.3. The van der Waals surface area contributed by atoms with Crippen molar-refractivity contribution in [3.8, 4) is 11.5 Å². The molecule has 4 rings (SSSR count). The standard InChI is InChI=1S/C21H31N3O3.HI/c1-4-22-20(23-14-7-8-16(26-5-2)17(13-14)25-3)24-18-15-9-12-27-19(15)21(18)10-6-11-21;/h7-8,13,15,18-19H,4-6,9-12H2,1-3H3,(H2,22,23,24);1H. The summed E-state index contributed by atoms with van der Waals surface area (Å²) in [6.45, 7) is 6.27.